The molecule has 2 aromatic rings. The van der Waals surface area contributed by atoms with Gasteiger partial charge < -0.3 is 14.4 Å². The first-order chi connectivity index (χ1) is 10.7. The molecule has 6 heteroatoms. The van der Waals surface area contributed by atoms with Crippen LogP contribution in [0.4, 0.5) is 0 Å². The van der Waals surface area contributed by atoms with E-state index in [9.17, 15) is 4.79 Å². The largest absolute Gasteiger partial charge is 0.496 e. The van der Waals surface area contributed by atoms with Crippen LogP contribution >= 0.6 is 11.3 Å². The van der Waals surface area contributed by atoms with Gasteiger partial charge in [-0.1, -0.05) is 12.1 Å². The lowest BCUT2D eigenvalue weighted by molar-refractivity contribution is 0.0732. The molecule has 0 saturated heterocycles. The molecule has 5 nitrogen and oxygen atoms in total. The minimum absolute atomic E-state index is 0.00444. The smallest absolute Gasteiger partial charge is 0.257 e. The van der Waals surface area contributed by atoms with Crippen molar-refractivity contribution in [1.29, 1.82) is 0 Å². The zero-order valence-electron chi connectivity index (χ0n) is 12.7. The van der Waals surface area contributed by atoms with Crippen LogP contribution in [0.15, 0.2) is 24.3 Å². The van der Waals surface area contributed by atoms with Gasteiger partial charge in [0.2, 0.25) is 0 Å². The molecular formula is C16H18N2O3S. The Labute approximate surface area is 133 Å². The lowest BCUT2D eigenvalue weighted by atomic mass is 10.1. The maximum absolute atomic E-state index is 12.7. The van der Waals surface area contributed by atoms with E-state index < -0.39 is 0 Å². The number of carbonyl (C=O) groups excluding carboxylic acids is 1. The fourth-order valence-corrected chi connectivity index (χ4v) is 3.70. The number of hydrogen-bond donors (Lipinski definition) is 0. The Kier molecular flexibility index (Phi) is 4.40. The van der Waals surface area contributed by atoms with E-state index in [1.807, 2.05) is 23.1 Å². The van der Waals surface area contributed by atoms with Crippen molar-refractivity contribution in [1.82, 2.24) is 9.88 Å². The van der Waals surface area contributed by atoms with Crippen molar-refractivity contribution in [3.63, 3.8) is 0 Å². The normalized spacial score (nSPS) is 13.8. The van der Waals surface area contributed by atoms with Crippen molar-refractivity contribution >= 4 is 17.2 Å². The molecule has 1 aromatic heterocycles. The van der Waals surface area contributed by atoms with Gasteiger partial charge in [0.15, 0.2) is 0 Å². The summed E-state index contributed by atoms with van der Waals surface area (Å²) in [5, 5.41) is 0.971. The van der Waals surface area contributed by atoms with Gasteiger partial charge in [-0.2, -0.15) is 0 Å². The maximum Gasteiger partial charge on any atom is 0.257 e. The van der Waals surface area contributed by atoms with Crippen LogP contribution in [-0.4, -0.2) is 36.6 Å². The number of benzene rings is 1. The van der Waals surface area contributed by atoms with Crippen LogP contribution in [0, 0.1) is 0 Å². The average Bonchev–Trinajstić information content (AvgIpc) is 2.96. The second-order valence-corrected chi connectivity index (χ2v) is 6.26. The fraction of sp³-hybridized carbons (Fsp3) is 0.375. The highest BCUT2D eigenvalue weighted by molar-refractivity contribution is 7.11. The van der Waals surface area contributed by atoms with Crippen molar-refractivity contribution < 1.29 is 14.3 Å². The summed E-state index contributed by atoms with van der Waals surface area (Å²) in [7, 11) is 3.25. The Hall–Kier alpha value is -1.92. The summed E-state index contributed by atoms with van der Waals surface area (Å²) in [6.45, 7) is 1.81. The number of thiazole rings is 1. The summed E-state index contributed by atoms with van der Waals surface area (Å²) in [4.78, 5) is 20.3. The van der Waals surface area contributed by atoms with Gasteiger partial charge in [0.05, 0.1) is 31.5 Å². The summed E-state index contributed by atoms with van der Waals surface area (Å²) in [5.41, 5.74) is 1.70. The Morgan fingerprint density at radius 2 is 2.18 bits per heavy atom. The van der Waals surface area contributed by atoms with Crippen molar-refractivity contribution in [2.45, 2.75) is 19.6 Å². The second kappa shape index (κ2) is 6.46. The number of rotatable bonds is 4. The Morgan fingerprint density at radius 1 is 1.36 bits per heavy atom. The average molecular weight is 318 g/mol. The predicted octanol–water partition coefficient (Wildman–Crippen LogP) is 2.50. The number of nitrogens with zero attached hydrogens (tertiary/aromatic N) is 2. The summed E-state index contributed by atoms with van der Waals surface area (Å²) in [5.74, 6) is 0.618. The third-order valence-corrected chi connectivity index (χ3v) is 4.72. The molecule has 22 heavy (non-hydrogen) atoms. The molecule has 0 aliphatic carbocycles. The Bertz CT molecular complexity index is 684. The fourth-order valence-electron chi connectivity index (χ4n) is 2.60. The van der Waals surface area contributed by atoms with Crippen molar-refractivity contribution in [2.75, 3.05) is 20.8 Å². The zero-order valence-corrected chi connectivity index (χ0v) is 13.5. The van der Waals surface area contributed by atoms with Gasteiger partial charge in [-0.3, -0.25) is 4.79 Å². The number of aromatic nitrogens is 1. The summed E-state index contributed by atoms with van der Waals surface area (Å²) in [6, 6.07) is 7.34. The van der Waals surface area contributed by atoms with Crippen molar-refractivity contribution in [2.24, 2.45) is 0 Å². The van der Waals surface area contributed by atoms with Crippen molar-refractivity contribution in [3.05, 3.63) is 45.4 Å². The minimum Gasteiger partial charge on any atom is -0.496 e. The molecule has 0 spiro atoms. The van der Waals surface area contributed by atoms with E-state index in [1.165, 1.54) is 0 Å². The van der Waals surface area contributed by atoms with Crippen LogP contribution in [0.5, 0.6) is 5.75 Å². The molecule has 0 radical (unpaired) electrons. The number of hydrogen-bond acceptors (Lipinski definition) is 5. The third-order valence-electron chi connectivity index (χ3n) is 3.67. The highest BCUT2D eigenvalue weighted by Gasteiger charge is 2.26. The van der Waals surface area contributed by atoms with Gasteiger partial charge >= 0.3 is 0 Å². The van der Waals surface area contributed by atoms with Crippen LogP contribution < -0.4 is 4.74 Å². The number of methoxy groups -OCH3 is 2. The van der Waals surface area contributed by atoms with Gasteiger partial charge in [0.25, 0.3) is 5.91 Å². The number of carbonyl (C=O) groups is 1. The predicted molar refractivity (Wildman–Crippen MR) is 84.3 cm³/mol. The lowest BCUT2D eigenvalue weighted by Crippen LogP contribution is -2.35. The van der Waals surface area contributed by atoms with E-state index in [-0.39, 0.29) is 5.91 Å². The number of ether oxygens (including phenoxy) is 2. The molecule has 3 rings (SSSR count). The van der Waals surface area contributed by atoms with Gasteiger partial charge in [-0.15, -0.1) is 11.3 Å². The highest BCUT2D eigenvalue weighted by atomic mass is 32.1. The van der Waals surface area contributed by atoms with Gasteiger partial charge in [-0.25, -0.2) is 4.98 Å². The standard InChI is InChI=1S/C16H18N2O3S/c1-20-10-15-17-12-7-8-18(9-14(12)22-15)16(19)11-5-3-4-6-13(11)21-2/h3-6H,7-10H2,1-2H3. The first-order valence-corrected chi connectivity index (χ1v) is 7.93. The van der Waals surface area contributed by atoms with Crippen LogP contribution in [0.25, 0.3) is 0 Å². The van der Waals surface area contributed by atoms with Crippen LogP contribution in [-0.2, 0) is 24.3 Å². The molecule has 0 N–H and O–H groups in total. The van der Waals surface area contributed by atoms with Gasteiger partial charge in [-0.05, 0) is 12.1 Å². The molecule has 0 saturated carbocycles. The molecule has 0 unspecified atom stereocenters. The van der Waals surface area contributed by atoms with E-state index in [0.717, 1.165) is 22.0 Å². The van der Waals surface area contributed by atoms with Gasteiger partial charge in [0, 0.05) is 25.0 Å². The molecule has 116 valence electrons. The summed E-state index contributed by atoms with van der Waals surface area (Å²) < 4.78 is 10.4. The molecule has 0 bridgehead atoms. The van der Waals surface area contributed by atoms with Crippen LogP contribution in [0.1, 0.15) is 25.9 Å². The molecule has 0 atom stereocenters. The molecule has 0 fully saturated rings. The number of para-hydroxylation sites is 1. The zero-order chi connectivity index (χ0) is 15.5. The van der Waals surface area contributed by atoms with Crippen LogP contribution in [0.2, 0.25) is 0 Å². The molecule has 1 amide bonds. The van der Waals surface area contributed by atoms with Crippen molar-refractivity contribution in [3.8, 4) is 5.75 Å². The van der Waals surface area contributed by atoms with E-state index in [4.69, 9.17) is 9.47 Å². The van der Waals surface area contributed by atoms with E-state index in [2.05, 4.69) is 4.98 Å². The monoisotopic (exact) mass is 318 g/mol. The SMILES string of the molecule is COCc1nc2c(s1)CN(C(=O)c1ccccc1OC)CC2. The first-order valence-electron chi connectivity index (χ1n) is 7.11. The highest BCUT2D eigenvalue weighted by Crippen LogP contribution is 2.28. The lowest BCUT2D eigenvalue weighted by Gasteiger charge is -2.26. The number of fused-ring (bicyclic) bond motifs is 1. The summed E-state index contributed by atoms with van der Waals surface area (Å²) >= 11 is 1.62. The quantitative estimate of drug-likeness (QED) is 0.869. The van der Waals surface area contributed by atoms with Gasteiger partial charge in [0.1, 0.15) is 10.8 Å². The van der Waals surface area contributed by atoms with E-state index >= 15 is 0 Å². The molecule has 1 aliphatic heterocycles. The van der Waals surface area contributed by atoms with Crippen LogP contribution in [0.3, 0.4) is 0 Å². The maximum atomic E-state index is 12.7. The van der Waals surface area contributed by atoms with E-state index in [1.54, 1.807) is 31.6 Å². The Balaban J connectivity index is 1.80. The summed E-state index contributed by atoms with van der Waals surface area (Å²) in [6.07, 6.45) is 0.788. The number of amides is 1. The topological polar surface area (TPSA) is 51.7 Å². The van der Waals surface area contributed by atoms with E-state index in [0.29, 0.717) is 31.0 Å². The first kappa shape index (κ1) is 15.0. The third kappa shape index (κ3) is 2.84. The minimum atomic E-state index is 0.00444. The molecule has 1 aliphatic rings. The molecule has 2 heterocycles. The second-order valence-electron chi connectivity index (χ2n) is 5.09. The molecular weight excluding hydrogens is 300 g/mol. The Morgan fingerprint density at radius 3 is 2.95 bits per heavy atom. The molecule has 1 aromatic carbocycles.